The summed E-state index contributed by atoms with van der Waals surface area (Å²) in [5.74, 6) is 1.92. The van der Waals surface area contributed by atoms with Gasteiger partial charge in [-0.15, -0.1) is 0 Å². The number of phenolic OH excluding ortho intramolecular Hbond substituents is 1. The number of hydrogen-bond acceptors (Lipinski definition) is 2. The van der Waals surface area contributed by atoms with E-state index in [9.17, 15) is 5.11 Å². The molecular formula is C26H32O2. The number of aromatic hydroxyl groups is 1. The molecule has 28 heavy (non-hydrogen) atoms. The van der Waals surface area contributed by atoms with Crippen LogP contribution in [0.25, 0.3) is 0 Å². The van der Waals surface area contributed by atoms with Gasteiger partial charge in [0.15, 0.2) is 0 Å². The highest BCUT2D eigenvalue weighted by Crippen LogP contribution is 2.63. The number of rotatable bonds is 1. The van der Waals surface area contributed by atoms with Gasteiger partial charge in [-0.1, -0.05) is 49.9 Å². The van der Waals surface area contributed by atoms with E-state index in [1.54, 1.807) is 0 Å². The Kier molecular flexibility index (Phi) is 4.23. The van der Waals surface area contributed by atoms with Crippen LogP contribution in [0.4, 0.5) is 0 Å². The van der Waals surface area contributed by atoms with Crippen LogP contribution in [-0.2, 0) is 11.0 Å². The number of aryl methyl sites for hydroxylation is 2. The zero-order valence-electron chi connectivity index (χ0n) is 17.3. The van der Waals surface area contributed by atoms with Crippen molar-refractivity contribution in [3.8, 4) is 11.5 Å². The Labute approximate surface area is 168 Å². The average Bonchev–Trinajstić information content (AvgIpc) is 2.68. The predicted molar refractivity (Wildman–Crippen MR) is 113 cm³/mol. The van der Waals surface area contributed by atoms with Crippen molar-refractivity contribution in [2.75, 3.05) is 0 Å². The molecule has 1 spiro atoms. The van der Waals surface area contributed by atoms with Crippen molar-refractivity contribution < 1.29 is 9.84 Å². The molecule has 1 N–H and O–H groups in total. The molecule has 2 saturated carbocycles. The van der Waals surface area contributed by atoms with Crippen molar-refractivity contribution in [1.82, 2.24) is 0 Å². The highest BCUT2D eigenvalue weighted by molar-refractivity contribution is 5.51. The molecule has 0 unspecified atom stereocenters. The van der Waals surface area contributed by atoms with Crippen LogP contribution in [-0.4, -0.2) is 5.11 Å². The van der Waals surface area contributed by atoms with Gasteiger partial charge >= 0.3 is 0 Å². The molecule has 3 aliphatic rings. The number of phenols is 1. The molecule has 1 aliphatic heterocycles. The fourth-order valence-electron chi connectivity index (χ4n) is 6.67. The molecule has 0 bridgehead atoms. The number of hydrogen-bond donors (Lipinski definition) is 1. The first kappa shape index (κ1) is 18.1. The van der Waals surface area contributed by atoms with Gasteiger partial charge in [-0.05, 0) is 69.2 Å². The molecular weight excluding hydrogens is 344 g/mol. The van der Waals surface area contributed by atoms with E-state index in [4.69, 9.17) is 4.74 Å². The molecule has 0 aromatic heterocycles. The van der Waals surface area contributed by atoms with E-state index in [0.717, 1.165) is 23.3 Å². The topological polar surface area (TPSA) is 29.5 Å². The Morgan fingerprint density at radius 2 is 1.50 bits per heavy atom. The number of fused-ring (bicyclic) bond motifs is 4. The minimum Gasteiger partial charge on any atom is -0.508 e. The van der Waals surface area contributed by atoms with Crippen molar-refractivity contribution in [1.29, 1.82) is 0 Å². The first-order valence-electron chi connectivity index (χ1n) is 11.2. The van der Waals surface area contributed by atoms with Gasteiger partial charge in [0.2, 0.25) is 0 Å². The summed E-state index contributed by atoms with van der Waals surface area (Å²) in [6, 6.07) is 13.0. The second-order valence-corrected chi connectivity index (χ2v) is 9.53. The summed E-state index contributed by atoms with van der Waals surface area (Å²) in [7, 11) is 0. The summed E-state index contributed by atoms with van der Waals surface area (Å²) in [4.78, 5) is 0. The molecule has 0 saturated heterocycles. The maximum absolute atomic E-state index is 11.0. The second kappa shape index (κ2) is 6.54. The van der Waals surface area contributed by atoms with Crippen molar-refractivity contribution >= 4 is 0 Å². The van der Waals surface area contributed by atoms with Gasteiger partial charge in [-0.25, -0.2) is 0 Å². The van der Waals surface area contributed by atoms with Gasteiger partial charge in [-0.2, -0.15) is 0 Å². The van der Waals surface area contributed by atoms with Crippen LogP contribution in [0.15, 0.2) is 36.4 Å². The minimum absolute atomic E-state index is 0.192. The fourth-order valence-corrected chi connectivity index (χ4v) is 6.67. The molecule has 2 heteroatoms. The molecule has 2 nitrogen and oxygen atoms in total. The summed E-state index contributed by atoms with van der Waals surface area (Å²) < 4.78 is 6.98. The lowest BCUT2D eigenvalue weighted by molar-refractivity contribution is -0.0959. The smallest absolute Gasteiger partial charge is 0.141 e. The molecule has 2 aromatic carbocycles. The lowest BCUT2D eigenvalue weighted by Gasteiger charge is -2.58. The third-order valence-electron chi connectivity index (χ3n) is 7.84. The van der Waals surface area contributed by atoms with E-state index in [0.29, 0.717) is 11.7 Å². The van der Waals surface area contributed by atoms with E-state index < -0.39 is 5.60 Å². The van der Waals surface area contributed by atoms with Gasteiger partial charge < -0.3 is 9.84 Å². The molecule has 1 heterocycles. The maximum Gasteiger partial charge on any atom is 0.141 e. The van der Waals surface area contributed by atoms with E-state index in [-0.39, 0.29) is 5.41 Å². The summed E-state index contributed by atoms with van der Waals surface area (Å²) in [6.07, 6.45) is 11.1. The lowest BCUT2D eigenvalue weighted by atomic mass is 9.51. The fraction of sp³-hybridized carbons (Fsp3) is 0.538. The van der Waals surface area contributed by atoms with E-state index >= 15 is 0 Å². The third-order valence-corrected chi connectivity index (χ3v) is 7.84. The Bertz CT molecular complexity index is 893. The van der Waals surface area contributed by atoms with Crippen LogP contribution in [0.3, 0.4) is 0 Å². The molecule has 2 aliphatic carbocycles. The molecule has 2 atom stereocenters. The SMILES string of the molecule is Cc1ccc([C@@]23CCCC[C@@H]2C2(CCCCC2)c2ccc(C)cc2O3)c(O)c1. The summed E-state index contributed by atoms with van der Waals surface area (Å²) >= 11 is 0. The Morgan fingerprint density at radius 1 is 0.821 bits per heavy atom. The van der Waals surface area contributed by atoms with Crippen molar-refractivity contribution in [2.45, 2.75) is 82.7 Å². The average molecular weight is 377 g/mol. The monoisotopic (exact) mass is 376 g/mol. The minimum atomic E-state index is -0.395. The zero-order chi connectivity index (χ0) is 19.4. The largest absolute Gasteiger partial charge is 0.508 e. The van der Waals surface area contributed by atoms with E-state index in [1.165, 1.54) is 62.5 Å². The lowest BCUT2D eigenvalue weighted by Crippen LogP contribution is -2.57. The van der Waals surface area contributed by atoms with Crippen LogP contribution in [0.2, 0.25) is 0 Å². The highest BCUT2D eigenvalue weighted by Gasteiger charge is 2.59. The molecule has 0 amide bonds. The number of benzene rings is 2. The van der Waals surface area contributed by atoms with Gasteiger partial charge in [0, 0.05) is 22.5 Å². The zero-order valence-corrected chi connectivity index (χ0v) is 17.3. The Hall–Kier alpha value is -1.96. The molecule has 0 radical (unpaired) electrons. The van der Waals surface area contributed by atoms with Crippen LogP contribution in [0, 0.1) is 19.8 Å². The summed E-state index contributed by atoms with van der Waals surface area (Å²) in [6.45, 7) is 4.20. The maximum atomic E-state index is 11.0. The normalized spacial score (nSPS) is 28.3. The summed E-state index contributed by atoms with van der Waals surface area (Å²) in [5.41, 5.74) is 4.60. The molecule has 5 rings (SSSR count). The Morgan fingerprint density at radius 3 is 2.25 bits per heavy atom. The van der Waals surface area contributed by atoms with Crippen LogP contribution >= 0.6 is 0 Å². The van der Waals surface area contributed by atoms with E-state index in [1.807, 2.05) is 13.0 Å². The quantitative estimate of drug-likeness (QED) is 0.601. The first-order valence-corrected chi connectivity index (χ1v) is 11.2. The van der Waals surface area contributed by atoms with Gasteiger partial charge in [-0.3, -0.25) is 0 Å². The standard InChI is InChI=1S/C26H32O2/c1-18-9-11-20(22(27)16-18)26-15-7-4-8-24(26)25(13-5-3-6-14-25)21-12-10-19(2)17-23(21)28-26/h9-12,16-17,24,27H,3-8,13-15H2,1-2H3/t24-,26+/m1/s1. The molecule has 2 aromatic rings. The van der Waals surface area contributed by atoms with Gasteiger partial charge in [0.25, 0.3) is 0 Å². The Balaban J connectivity index is 1.76. The predicted octanol–water partition coefficient (Wildman–Crippen LogP) is 6.69. The molecule has 148 valence electrons. The molecule has 2 fully saturated rings. The first-order chi connectivity index (χ1) is 13.6. The second-order valence-electron chi connectivity index (χ2n) is 9.53. The summed E-state index contributed by atoms with van der Waals surface area (Å²) in [5, 5.41) is 11.0. The van der Waals surface area contributed by atoms with Crippen molar-refractivity contribution in [3.63, 3.8) is 0 Å². The van der Waals surface area contributed by atoms with Crippen LogP contribution < -0.4 is 4.74 Å². The van der Waals surface area contributed by atoms with Gasteiger partial charge in [0.1, 0.15) is 17.1 Å². The highest BCUT2D eigenvalue weighted by atomic mass is 16.5. The number of ether oxygens (including phenoxy) is 1. The van der Waals surface area contributed by atoms with Crippen molar-refractivity contribution in [2.24, 2.45) is 5.92 Å². The van der Waals surface area contributed by atoms with Crippen LogP contribution in [0.1, 0.15) is 80.0 Å². The third kappa shape index (κ3) is 2.53. The van der Waals surface area contributed by atoms with Crippen LogP contribution in [0.5, 0.6) is 11.5 Å². The van der Waals surface area contributed by atoms with Gasteiger partial charge in [0.05, 0.1) is 0 Å². The van der Waals surface area contributed by atoms with E-state index in [2.05, 4.69) is 37.3 Å². The van der Waals surface area contributed by atoms with Crippen molar-refractivity contribution in [3.05, 3.63) is 58.7 Å².